The molecule has 23 heavy (non-hydrogen) atoms. The quantitative estimate of drug-likeness (QED) is 0.761. The molecule has 2 aromatic carbocycles. The summed E-state index contributed by atoms with van der Waals surface area (Å²) in [6, 6.07) is 15.9. The highest BCUT2D eigenvalue weighted by Gasteiger charge is 2.07. The molecule has 1 aromatic heterocycles. The highest BCUT2D eigenvalue weighted by Crippen LogP contribution is 2.20. The molecule has 3 aromatic rings. The molecule has 1 amide bonds. The number of aromatic nitrogens is 1. The van der Waals surface area contributed by atoms with E-state index < -0.39 is 0 Å². The first-order chi connectivity index (χ1) is 11.2. The fourth-order valence-corrected chi connectivity index (χ4v) is 2.35. The van der Waals surface area contributed by atoms with Gasteiger partial charge in [-0.25, -0.2) is 4.39 Å². The molecule has 0 aliphatic carbocycles. The Morgan fingerprint density at radius 1 is 1.04 bits per heavy atom. The molecule has 3 rings (SSSR count). The fourth-order valence-electron chi connectivity index (χ4n) is 2.35. The van der Waals surface area contributed by atoms with Crippen molar-refractivity contribution in [2.75, 3.05) is 11.9 Å². The molecule has 0 aliphatic heterocycles. The van der Waals surface area contributed by atoms with Gasteiger partial charge in [0.15, 0.2) is 0 Å². The summed E-state index contributed by atoms with van der Waals surface area (Å²) in [5.41, 5.74) is 1.95. The van der Waals surface area contributed by atoms with E-state index in [9.17, 15) is 9.18 Å². The third-order valence-corrected chi connectivity index (χ3v) is 3.47. The monoisotopic (exact) mass is 309 g/mol. The maximum Gasteiger partial charge on any atom is 0.238 e. The first kappa shape index (κ1) is 15.1. The SMILES string of the molecule is O=C(CNCc1ccccc1F)Nc1cccc2cccnc12. The summed E-state index contributed by atoms with van der Waals surface area (Å²) < 4.78 is 13.5. The molecule has 116 valence electrons. The number of rotatable bonds is 5. The molecule has 1 heterocycles. The van der Waals surface area contributed by atoms with Gasteiger partial charge in [-0.05, 0) is 18.2 Å². The second-order valence-electron chi connectivity index (χ2n) is 5.12. The lowest BCUT2D eigenvalue weighted by Gasteiger charge is -2.09. The number of pyridine rings is 1. The number of carbonyl (C=O) groups is 1. The van der Waals surface area contributed by atoms with E-state index in [-0.39, 0.29) is 18.3 Å². The summed E-state index contributed by atoms with van der Waals surface area (Å²) in [5.74, 6) is -0.474. The molecule has 4 nitrogen and oxygen atoms in total. The number of nitrogens with one attached hydrogen (secondary N) is 2. The standard InChI is InChI=1S/C18H16FN3O/c19-15-8-2-1-5-14(15)11-20-12-17(23)22-16-9-3-6-13-7-4-10-21-18(13)16/h1-10,20H,11-12H2,(H,22,23). The summed E-state index contributed by atoms with van der Waals surface area (Å²) in [6.45, 7) is 0.394. The van der Waals surface area contributed by atoms with Crippen LogP contribution in [0.25, 0.3) is 10.9 Å². The average molecular weight is 309 g/mol. The Labute approximate surface area is 133 Å². The molecule has 5 heteroatoms. The van der Waals surface area contributed by atoms with E-state index >= 15 is 0 Å². The Morgan fingerprint density at radius 2 is 1.87 bits per heavy atom. The number of amides is 1. The third-order valence-electron chi connectivity index (χ3n) is 3.47. The van der Waals surface area contributed by atoms with Gasteiger partial charge in [0.05, 0.1) is 17.7 Å². The van der Waals surface area contributed by atoms with Crippen molar-refractivity contribution in [2.45, 2.75) is 6.54 Å². The molecule has 0 spiro atoms. The Balaban J connectivity index is 1.60. The summed E-state index contributed by atoms with van der Waals surface area (Å²) in [5, 5.41) is 6.73. The largest absolute Gasteiger partial charge is 0.323 e. The first-order valence-electron chi connectivity index (χ1n) is 7.32. The fraction of sp³-hybridized carbons (Fsp3) is 0.111. The van der Waals surface area contributed by atoms with E-state index in [1.807, 2.05) is 30.3 Å². The summed E-state index contributed by atoms with van der Waals surface area (Å²) >= 11 is 0. The van der Waals surface area contributed by atoms with Gasteiger partial charge in [-0.3, -0.25) is 9.78 Å². The van der Waals surface area contributed by atoms with Crippen LogP contribution in [0.3, 0.4) is 0 Å². The second-order valence-corrected chi connectivity index (χ2v) is 5.12. The molecule has 0 unspecified atom stereocenters. The van der Waals surface area contributed by atoms with Gasteiger partial charge in [-0.2, -0.15) is 0 Å². The van der Waals surface area contributed by atoms with Gasteiger partial charge in [0.2, 0.25) is 5.91 Å². The van der Waals surface area contributed by atoms with Crippen molar-refractivity contribution in [3.8, 4) is 0 Å². The van der Waals surface area contributed by atoms with E-state index in [0.717, 1.165) is 10.9 Å². The van der Waals surface area contributed by atoms with Crippen LogP contribution in [0.1, 0.15) is 5.56 Å². The maximum atomic E-state index is 13.5. The Kier molecular flexibility index (Phi) is 4.59. The van der Waals surface area contributed by atoms with Crippen molar-refractivity contribution in [1.29, 1.82) is 0 Å². The summed E-state index contributed by atoms with van der Waals surface area (Å²) in [6.07, 6.45) is 1.69. The number of fused-ring (bicyclic) bond motifs is 1. The van der Waals surface area contributed by atoms with Crippen molar-refractivity contribution < 1.29 is 9.18 Å². The molecule has 2 N–H and O–H groups in total. The summed E-state index contributed by atoms with van der Waals surface area (Å²) in [7, 11) is 0. The Morgan fingerprint density at radius 3 is 2.74 bits per heavy atom. The van der Waals surface area contributed by atoms with Gasteiger partial charge in [-0.1, -0.05) is 36.4 Å². The minimum Gasteiger partial charge on any atom is -0.323 e. The van der Waals surface area contributed by atoms with Crippen molar-refractivity contribution >= 4 is 22.5 Å². The Bertz CT molecular complexity index is 830. The number of benzene rings is 2. The lowest BCUT2D eigenvalue weighted by atomic mass is 10.2. The molecule has 0 saturated heterocycles. The molecular weight excluding hydrogens is 293 g/mol. The minimum absolute atomic E-state index is 0.0948. The normalized spacial score (nSPS) is 10.7. The second kappa shape index (κ2) is 6.98. The zero-order valence-electron chi connectivity index (χ0n) is 12.4. The van der Waals surface area contributed by atoms with Crippen LogP contribution in [0.15, 0.2) is 60.8 Å². The average Bonchev–Trinajstić information content (AvgIpc) is 2.57. The van der Waals surface area contributed by atoms with Gasteiger partial charge in [0, 0.05) is 23.7 Å². The van der Waals surface area contributed by atoms with Gasteiger partial charge in [0.25, 0.3) is 0 Å². The molecule has 0 fully saturated rings. The highest BCUT2D eigenvalue weighted by atomic mass is 19.1. The number of carbonyl (C=O) groups excluding carboxylic acids is 1. The molecular formula is C18H16FN3O. The van der Waals surface area contributed by atoms with E-state index in [4.69, 9.17) is 0 Å². The van der Waals surface area contributed by atoms with Gasteiger partial charge in [-0.15, -0.1) is 0 Å². The van der Waals surface area contributed by atoms with Gasteiger partial charge in [0.1, 0.15) is 5.82 Å². The highest BCUT2D eigenvalue weighted by molar-refractivity contribution is 6.00. The zero-order chi connectivity index (χ0) is 16.1. The van der Waals surface area contributed by atoms with Crippen LogP contribution in [0, 0.1) is 5.82 Å². The van der Waals surface area contributed by atoms with E-state index in [1.54, 1.807) is 24.4 Å². The number of para-hydroxylation sites is 1. The van der Waals surface area contributed by atoms with Crippen LogP contribution in [0.2, 0.25) is 0 Å². The van der Waals surface area contributed by atoms with Crippen LogP contribution in [-0.2, 0) is 11.3 Å². The van der Waals surface area contributed by atoms with Crippen LogP contribution >= 0.6 is 0 Å². The molecule has 0 bridgehead atoms. The number of anilines is 1. The number of nitrogens with zero attached hydrogens (tertiary/aromatic N) is 1. The van der Waals surface area contributed by atoms with Crippen molar-refractivity contribution in [3.05, 3.63) is 72.2 Å². The maximum absolute atomic E-state index is 13.5. The van der Waals surface area contributed by atoms with E-state index in [2.05, 4.69) is 15.6 Å². The van der Waals surface area contributed by atoms with E-state index in [1.165, 1.54) is 6.07 Å². The first-order valence-corrected chi connectivity index (χ1v) is 7.32. The number of halogens is 1. The van der Waals surface area contributed by atoms with Crippen LogP contribution < -0.4 is 10.6 Å². The molecule has 0 aliphatic rings. The van der Waals surface area contributed by atoms with Gasteiger partial charge < -0.3 is 10.6 Å². The predicted octanol–water partition coefficient (Wildman–Crippen LogP) is 3.10. The zero-order valence-corrected chi connectivity index (χ0v) is 12.4. The lowest BCUT2D eigenvalue weighted by molar-refractivity contribution is -0.115. The van der Waals surface area contributed by atoms with Crippen LogP contribution in [0.5, 0.6) is 0 Å². The number of hydrogen-bond donors (Lipinski definition) is 2. The van der Waals surface area contributed by atoms with Crippen LogP contribution in [-0.4, -0.2) is 17.4 Å². The topological polar surface area (TPSA) is 54.0 Å². The minimum atomic E-state index is -0.279. The number of hydrogen-bond acceptors (Lipinski definition) is 3. The predicted molar refractivity (Wildman–Crippen MR) is 88.5 cm³/mol. The van der Waals surface area contributed by atoms with Crippen LogP contribution in [0.4, 0.5) is 10.1 Å². The summed E-state index contributed by atoms with van der Waals surface area (Å²) in [4.78, 5) is 16.3. The van der Waals surface area contributed by atoms with E-state index in [0.29, 0.717) is 17.8 Å². The third kappa shape index (κ3) is 3.70. The Hall–Kier alpha value is -2.79. The smallest absolute Gasteiger partial charge is 0.238 e. The lowest BCUT2D eigenvalue weighted by Crippen LogP contribution is -2.28. The molecule has 0 atom stereocenters. The molecule has 0 radical (unpaired) electrons. The molecule has 0 saturated carbocycles. The van der Waals surface area contributed by atoms with Crippen molar-refractivity contribution in [3.63, 3.8) is 0 Å². The van der Waals surface area contributed by atoms with Gasteiger partial charge >= 0.3 is 0 Å². The van der Waals surface area contributed by atoms with Crippen molar-refractivity contribution in [1.82, 2.24) is 10.3 Å². The van der Waals surface area contributed by atoms with Crippen molar-refractivity contribution in [2.24, 2.45) is 0 Å².